The van der Waals surface area contributed by atoms with Gasteiger partial charge in [-0.25, -0.2) is 13.2 Å². The van der Waals surface area contributed by atoms with Crippen LogP contribution in [0.3, 0.4) is 0 Å². The van der Waals surface area contributed by atoms with Crippen LogP contribution in [0.25, 0.3) is 0 Å². The number of aromatic carboxylic acids is 1. The summed E-state index contributed by atoms with van der Waals surface area (Å²) in [5.41, 5.74) is -0.109. The van der Waals surface area contributed by atoms with Crippen molar-refractivity contribution in [3.63, 3.8) is 0 Å². The normalized spacial score (nSPS) is 18.8. The molecule has 0 aromatic carbocycles. The number of aromatic nitrogens is 1. The molecule has 0 unspecified atom stereocenters. The zero-order chi connectivity index (χ0) is 15.8. The zero-order valence-electron chi connectivity index (χ0n) is 12.5. The molecule has 0 spiro atoms. The minimum Gasteiger partial charge on any atom is -0.477 e. The average molecular weight is 315 g/mol. The molecule has 1 aromatic heterocycles. The van der Waals surface area contributed by atoms with Crippen LogP contribution < -0.4 is 0 Å². The summed E-state index contributed by atoms with van der Waals surface area (Å²) in [4.78, 5) is 15.5. The molecule has 0 amide bonds. The van der Waals surface area contributed by atoms with Gasteiger partial charge in [0.25, 0.3) is 0 Å². The van der Waals surface area contributed by atoms with Crippen LogP contribution in [0.2, 0.25) is 0 Å². The van der Waals surface area contributed by atoms with E-state index in [4.69, 9.17) is 5.11 Å². The van der Waals surface area contributed by atoms with Crippen molar-refractivity contribution in [2.75, 3.05) is 26.2 Å². The van der Waals surface area contributed by atoms with Gasteiger partial charge in [0.05, 0.1) is 0 Å². The van der Waals surface area contributed by atoms with Crippen LogP contribution in [-0.4, -0.2) is 65.4 Å². The predicted molar refractivity (Wildman–Crippen MR) is 77.8 cm³/mol. The Morgan fingerprint density at radius 3 is 2.24 bits per heavy atom. The monoisotopic (exact) mass is 315 g/mol. The smallest absolute Gasteiger partial charge is 0.352 e. The maximum Gasteiger partial charge on any atom is 0.352 e. The van der Waals surface area contributed by atoms with E-state index in [1.54, 1.807) is 0 Å². The summed E-state index contributed by atoms with van der Waals surface area (Å²) in [6.07, 6.45) is 1.23. The lowest BCUT2D eigenvalue weighted by Crippen LogP contribution is -2.54. The lowest BCUT2D eigenvalue weighted by Gasteiger charge is -2.41. The van der Waals surface area contributed by atoms with Crippen molar-refractivity contribution in [2.24, 2.45) is 0 Å². The first-order chi connectivity index (χ1) is 9.62. The van der Waals surface area contributed by atoms with Crippen molar-refractivity contribution >= 4 is 16.0 Å². The maximum absolute atomic E-state index is 12.5. The van der Waals surface area contributed by atoms with Crippen molar-refractivity contribution in [3.8, 4) is 0 Å². The summed E-state index contributed by atoms with van der Waals surface area (Å²) >= 11 is 0. The minimum absolute atomic E-state index is 0.00380. The van der Waals surface area contributed by atoms with Crippen LogP contribution in [0.5, 0.6) is 0 Å². The molecular weight excluding hydrogens is 294 g/mol. The molecule has 0 atom stereocenters. The van der Waals surface area contributed by atoms with Gasteiger partial charge >= 0.3 is 5.97 Å². The van der Waals surface area contributed by atoms with Crippen LogP contribution >= 0.6 is 0 Å². The molecule has 0 radical (unpaired) electrons. The van der Waals surface area contributed by atoms with Crippen molar-refractivity contribution in [3.05, 3.63) is 18.0 Å². The van der Waals surface area contributed by atoms with Crippen molar-refractivity contribution in [2.45, 2.75) is 31.2 Å². The topological polar surface area (TPSA) is 93.7 Å². The summed E-state index contributed by atoms with van der Waals surface area (Å²) < 4.78 is 26.4. The number of carbonyl (C=O) groups is 1. The molecule has 2 N–H and O–H groups in total. The van der Waals surface area contributed by atoms with Crippen LogP contribution in [0, 0.1) is 0 Å². The third-order valence-corrected chi connectivity index (χ3v) is 5.59. The predicted octanol–water partition coefficient (Wildman–Crippen LogP) is 0.818. The molecule has 1 saturated heterocycles. The number of carboxylic acids is 1. The Hall–Kier alpha value is -1.38. The molecule has 8 heteroatoms. The molecule has 7 nitrogen and oxygen atoms in total. The quantitative estimate of drug-likeness (QED) is 0.861. The molecule has 2 rings (SSSR count). The van der Waals surface area contributed by atoms with Crippen LogP contribution in [0.4, 0.5) is 0 Å². The van der Waals surface area contributed by atoms with E-state index in [2.05, 4.69) is 30.7 Å². The fourth-order valence-corrected chi connectivity index (χ4v) is 3.81. The number of hydrogen-bond donors (Lipinski definition) is 2. The minimum atomic E-state index is -3.63. The number of H-pyrrole nitrogens is 1. The van der Waals surface area contributed by atoms with Gasteiger partial charge in [0.15, 0.2) is 0 Å². The zero-order valence-corrected chi connectivity index (χ0v) is 13.3. The Morgan fingerprint density at radius 2 is 1.81 bits per heavy atom. The van der Waals surface area contributed by atoms with Gasteiger partial charge < -0.3 is 10.1 Å². The first kappa shape index (κ1) is 16.0. The van der Waals surface area contributed by atoms with Crippen molar-refractivity contribution in [1.82, 2.24) is 14.2 Å². The number of rotatable bonds is 3. The summed E-state index contributed by atoms with van der Waals surface area (Å²) in [6.45, 7) is 8.45. The van der Waals surface area contributed by atoms with Gasteiger partial charge in [-0.1, -0.05) is 0 Å². The number of carboxylic acid groups (broad SMARTS) is 1. The maximum atomic E-state index is 12.5. The van der Waals surface area contributed by atoms with Crippen molar-refractivity contribution in [1.29, 1.82) is 0 Å². The van der Waals surface area contributed by atoms with Gasteiger partial charge in [0.1, 0.15) is 10.6 Å². The Kier molecular flexibility index (Phi) is 4.14. The SMILES string of the molecule is CC(C)(C)N1CCN(S(=O)(=O)c2c[nH]c(C(=O)O)c2)CC1. The highest BCUT2D eigenvalue weighted by molar-refractivity contribution is 7.89. The van der Waals surface area contributed by atoms with E-state index in [0.29, 0.717) is 26.2 Å². The largest absolute Gasteiger partial charge is 0.477 e. The molecule has 0 aliphatic carbocycles. The lowest BCUT2D eigenvalue weighted by atomic mass is 10.1. The second-order valence-electron chi connectivity index (χ2n) is 6.12. The second kappa shape index (κ2) is 5.43. The summed E-state index contributed by atoms with van der Waals surface area (Å²) in [7, 11) is -3.63. The van der Waals surface area contributed by atoms with Gasteiger partial charge in [0.2, 0.25) is 10.0 Å². The van der Waals surface area contributed by atoms with Crippen molar-refractivity contribution < 1.29 is 18.3 Å². The van der Waals surface area contributed by atoms with Gasteiger partial charge in [-0.15, -0.1) is 0 Å². The average Bonchev–Trinajstić information content (AvgIpc) is 2.88. The van der Waals surface area contributed by atoms with Gasteiger partial charge in [-0.05, 0) is 26.8 Å². The standard InChI is InChI=1S/C13H21N3O4S/c1-13(2,3)15-4-6-16(7-5-15)21(19,20)10-8-11(12(17)18)14-9-10/h8-9,14H,4-7H2,1-3H3,(H,17,18). The number of nitrogens with zero attached hydrogens (tertiary/aromatic N) is 2. The van der Waals surface area contributed by atoms with E-state index in [1.807, 2.05) is 0 Å². The highest BCUT2D eigenvalue weighted by Gasteiger charge is 2.32. The molecule has 1 fully saturated rings. The van der Waals surface area contributed by atoms with E-state index in [1.165, 1.54) is 10.5 Å². The Balaban J connectivity index is 2.13. The summed E-state index contributed by atoms with van der Waals surface area (Å²) in [5, 5.41) is 8.85. The Morgan fingerprint density at radius 1 is 1.24 bits per heavy atom. The molecule has 1 aliphatic heterocycles. The highest BCUT2D eigenvalue weighted by Crippen LogP contribution is 2.21. The molecule has 0 saturated carbocycles. The van der Waals surface area contributed by atoms with Crippen LogP contribution in [0.15, 0.2) is 17.2 Å². The number of hydrogen-bond acceptors (Lipinski definition) is 4. The number of nitrogens with one attached hydrogen (secondary N) is 1. The van der Waals surface area contributed by atoms with E-state index >= 15 is 0 Å². The van der Waals surface area contributed by atoms with Gasteiger partial charge in [-0.3, -0.25) is 4.90 Å². The summed E-state index contributed by atoms with van der Waals surface area (Å²) in [5.74, 6) is -1.17. The molecular formula is C13H21N3O4S. The number of piperazine rings is 1. The Bertz CT molecular complexity index is 622. The summed E-state index contributed by atoms with van der Waals surface area (Å²) in [6, 6.07) is 1.16. The van der Waals surface area contributed by atoms with E-state index in [-0.39, 0.29) is 16.1 Å². The van der Waals surface area contributed by atoms with Crippen LogP contribution in [0.1, 0.15) is 31.3 Å². The molecule has 2 heterocycles. The van der Waals surface area contributed by atoms with Crippen LogP contribution in [-0.2, 0) is 10.0 Å². The Labute approximate surface area is 124 Å². The first-order valence-electron chi connectivity index (χ1n) is 6.79. The fraction of sp³-hybridized carbons (Fsp3) is 0.615. The highest BCUT2D eigenvalue weighted by atomic mass is 32.2. The van der Waals surface area contributed by atoms with E-state index in [9.17, 15) is 13.2 Å². The third kappa shape index (κ3) is 3.28. The number of aromatic amines is 1. The second-order valence-corrected chi connectivity index (χ2v) is 8.05. The van der Waals surface area contributed by atoms with Gasteiger partial charge in [-0.2, -0.15) is 4.31 Å². The van der Waals surface area contributed by atoms with E-state index in [0.717, 1.165) is 6.07 Å². The molecule has 0 bridgehead atoms. The molecule has 1 aromatic rings. The number of sulfonamides is 1. The lowest BCUT2D eigenvalue weighted by molar-refractivity contribution is 0.0691. The first-order valence-corrected chi connectivity index (χ1v) is 8.23. The molecule has 118 valence electrons. The third-order valence-electron chi connectivity index (χ3n) is 3.71. The molecule has 1 aliphatic rings. The van der Waals surface area contributed by atoms with Gasteiger partial charge in [0, 0.05) is 37.9 Å². The van der Waals surface area contributed by atoms with E-state index < -0.39 is 16.0 Å². The fourth-order valence-electron chi connectivity index (χ4n) is 2.40. The molecule has 21 heavy (non-hydrogen) atoms.